The van der Waals surface area contributed by atoms with Gasteiger partial charge in [0, 0.05) is 9.40 Å². The van der Waals surface area contributed by atoms with Crippen molar-refractivity contribution in [2.75, 3.05) is 13.1 Å². The molecule has 0 unspecified atom stereocenters. The van der Waals surface area contributed by atoms with Crippen LogP contribution < -0.4 is 0 Å². The fraction of sp³-hybridized carbons (Fsp3) is 0.167. The Morgan fingerprint density at radius 2 is 2.22 bits per heavy atom. The van der Waals surface area contributed by atoms with Gasteiger partial charge in [0.15, 0.2) is 0 Å². The summed E-state index contributed by atoms with van der Waals surface area (Å²) in [7, 11) is 0. The molecule has 2 aromatic heterocycles. The Hall–Kier alpha value is -1.84. The lowest BCUT2D eigenvalue weighted by Gasteiger charge is -2.16. The van der Waals surface area contributed by atoms with Crippen LogP contribution in [0, 0.1) is 12.3 Å². The van der Waals surface area contributed by atoms with Gasteiger partial charge in [0.25, 0.3) is 5.91 Å². The van der Waals surface area contributed by atoms with Gasteiger partial charge in [-0.25, -0.2) is 0 Å². The SMILES string of the molecule is C#CCN(CC(=O)O)C(=O)c1cc2sccc2s1. The minimum atomic E-state index is -1.07. The molecule has 2 heterocycles. The van der Waals surface area contributed by atoms with Crippen molar-refractivity contribution in [2.24, 2.45) is 0 Å². The molecule has 4 nitrogen and oxygen atoms in total. The molecule has 0 fully saturated rings. The van der Waals surface area contributed by atoms with E-state index in [1.807, 2.05) is 11.4 Å². The highest BCUT2D eigenvalue weighted by molar-refractivity contribution is 7.27. The third kappa shape index (κ3) is 2.53. The van der Waals surface area contributed by atoms with Crippen LogP contribution >= 0.6 is 22.7 Å². The quantitative estimate of drug-likeness (QED) is 0.872. The largest absolute Gasteiger partial charge is 0.480 e. The van der Waals surface area contributed by atoms with Gasteiger partial charge in [-0.05, 0) is 17.5 Å². The van der Waals surface area contributed by atoms with Gasteiger partial charge >= 0.3 is 5.97 Å². The van der Waals surface area contributed by atoms with E-state index >= 15 is 0 Å². The van der Waals surface area contributed by atoms with Crippen LogP contribution in [0.25, 0.3) is 9.40 Å². The van der Waals surface area contributed by atoms with Crippen LogP contribution in [0.2, 0.25) is 0 Å². The Morgan fingerprint density at radius 3 is 2.83 bits per heavy atom. The molecule has 0 saturated carbocycles. The molecule has 6 heteroatoms. The first kappa shape index (κ1) is 12.6. The molecular formula is C12H9NO3S2. The highest BCUT2D eigenvalue weighted by atomic mass is 32.1. The predicted octanol–water partition coefficient (Wildman–Crippen LogP) is 2.12. The molecule has 0 aromatic carbocycles. The molecule has 0 aliphatic rings. The van der Waals surface area contributed by atoms with Gasteiger partial charge in [-0.15, -0.1) is 29.1 Å². The summed E-state index contributed by atoms with van der Waals surface area (Å²) in [5.41, 5.74) is 0. The van der Waals surface area contributed by atoms with Crippen molar-refractivity contribution >= 4 is 43.9 Å². The van der Waals surface area contributed by atoms with Gasteiger partial charge < -0.3 is 10.0 Å². The van der Waals surface area contributed by atoms with E-state index in [-0.39, 0.29) is 19.0 Å². The maximum Gasteiger partial charge on any atom is 0.323 e. The number of thiophene rings is 2. The number of rotatable bonds is 4. The standard InChI is InChI=1S/C12H9NO3S2/c1-2-4-13(7-11(14)15)12(16)10-6-9-8(18-10)3-5-17-9/h1,3,5-6H,4,7H2,(H,14,15). The number of carbonyl (C=O) groups is 2. The van der Waals surface area contributed by atoms with Gasteiger partial charge in [-0.3, -0.25) is 9.59 Å². The minimum Gasteiger partial charge on any atom is -0.480 e. The highest BCUT2D eigenvalue weighted by Crippen LogP contribution is 2.30. The average molecular weight is 279 g/mol. The maximum atomic E-state index is 12.1. The number of aliphatic carboxylic acids is 1. The summed E-state index contributed by atoms with van der Waals surface area (Å²) in [4.78, 5) is 24.5. The van der Waals surface area contributed by atoms with Crippen molar-refractivity contribution in [3.63, 3.8) is 0 Å². The van der Waals surface area contributed by atoms with Crippen molar-refractivity contribution in [2.45, 2.75) is 0 Å². The molecule has 0 bridgehead atoms. The van der Waals surface area contributed by atoms with E-state index in [0.29, 0.717) is 4.88 Å². The number of fused-ring (bicyclic) bond motifs is 1. The summed E-state index contributed by atoms with van der Waals surface area (Å²) in [6.07, 6.45) is 5.14. The van der Waals surface area contributed by atoms with Crippen LogP contribution in [0.1, 0.15) is 9.67 Å². The maximum absolute atomic E-state index is 12.1. The van der Waals surface area contributed by atoms with Crippen LogP contribution in [0.15, 0.2) is 17.5 Å². The fourth-order valence-electron chi connectivity index (χ4n) is 1.50. The molecule has 1 N–H and O–H groups in total. The highest BCUT2D eigenvalue weighted by Gasteiger charge is 2.20. The Bertz CT molecular complexity index is 607. The van der Waals surface area contributed by atoms with Crippen molar-refractivity contribution in [1.82, 2.24) is 4.90 Å². The Kier molecular flexibility index (Phi) is 3.65. The number of hydrogen-bond donors (Lipinski definition) is 1. The summed E-state index contributed by atoms with van der Waals surface area (Å²) in [5.74, 6) is 0.898. The fourth-order valence-corrected chi connectivity index (χ4v) is 3.58. The minimum absolute atomic E-state index is 0.00329. The van der Waals surface area contributed by atoms with Crippen LogP contribution in [0.3, 0.4) is 0 Å². The van der Waals surface area contributed by atoms with E-state index in [1.165, 1.54) is 11.3 Å². The lowest BCUT2D eigenvalue weighted by atomic mass is 10.3. The Labute approximate surface area is 111 Å². The van der Waals surface area contributed by atoms with Gasteiger partial charge in [0.1, 0.15) is 6.54 Å². The first-order chi connectivity index (χ1) is 8.61. The molecule has 0 aliphatic heterocycles. The van der Waals surface area contributed by atoms with Crippen molar-refractivity contribution < 1.29 is 14.7 Å². The molecular weight excluding hydrogens is 270 g/mol. The second-order valence-corrected chi connectivity index (χ2v) is 5.55. The molecule has 0 radical (unpaired) electrons. The van der Waals surface area contributed by atoms with Gasteiger partial charge in [-0.2, -0.15) is 0 Å². The molecule has 2 rings (SSSR count). The summed E-state index contributed by atoms with van der Waals surface area (Å²) >= 11 is 2.90. The molecule has 92 valence electrons. The summed E-state index contributed by atoms with van der Waals surface area (Å²) in [6, 6.07) is 3.71. The van der Waals surface area contributed by atoms with E-state index in [2.05, 4.69) is 5.92 Å². The predicted molar refractivity (Wildman–Crippen MR) is 72.1 cm³/mol. The lowest BCUT2D eigenvalue weighted by Crippen LogP contribution is -2.35. The van der Waals surface area contributed by atoms with E-state index in [9.17, 15) is 9.59 Å². The topological polar surface area (TPSA) is 57.6 Å². The van der Waals surface area contributed by atoms with Crippen molar-refractivity contribution in [3.05, 3.63) is 22.4 Å². The Morgan fingerprint density at radius 1 is 1.44 bits per heavy atom. The zero-order valence-electron chi connectivity index (χ0n) is 9.25. The van der Waals surface area contributed by atoms with Crippen molar-refractivity contribution in [3.8, 4) is 12.3 Å². The van der Waals surface area contributed by atoms with E-state index in [0.717, 1.165) is 14.3 Å². The van der Waals surface area contributed by atoms with Crippen molar-refractivity contribution in [1.29, 1.82) is 0 Å². The normalized spacial score (nSPS) is 10.2. The van der Waals surface area contributed by atoms with Crippen LogP contribution in [-0.2, 0) is 4.79 Å². The number of carboxylic acid groups (broad SMARTS) is 1. The summed E-state index contributed by atoms with van der Waals surface area (Å²) in [6.45, 7) is -0.384. The second kappa shape index (κ2) is 5.21. The molecule has 2 aromatic rings. The van der Waals surface area contributed by atoms with Crippen LogP contribution in [0.5, 0.6) is 0 Å². The van der Waals surface area contributed by atoms with Crippen LogP contribution in [0.4, 0.5) is 0 Å². The smallest absolute Gasteiger partial charge is 0.323 e. The van der Waals surface area contributed by atoms with E-state index in [4.69, 9.17) is 11.5 Å². The number of nitrogens with zero attached hydrogens (tertiary/aromatic N) is 1. The van der Waals surface area contributed by atoms with Gasteiger partial charge in [0.2, 0.25) is 0 Å². The van der Waals surface area contributed by atoms with Gasteiger partial charge in [0.05, 0.1) is 11.4 Å². The molecule has 1 amide bonds. The first-order valence-electron chi connectivity index (χ1n) is 5.03. The molecule has 0 atom stereocenters. The third-order valence-corrected chi connectivity index (χ3v) is 4.33. The van der Waals surface area contributed by atoms with Crippen LogP contribution in [-0.4, -0.2) is 35.0 Å². The number of hydrogen-bond acceptors (Lipinski definition) is 4. The molecule has 0 aliphatic carbocycles. The Balaban J connectivity index is 2.25. The zero-order valence-corrected chi connectivity index (χ0v) is 10.9. The molecule has 0 spiro atoms. The number of amides is 1. The van der Waals surface area contributed by atoms with E-state index < -0.39 is 5.97 Å². The van der Waals surface area contributed by atoms with Gasteiger partial charge in [-0.1, -0.05) is 5.92 Å². The summed E-state index contributed by atoms with van der Waals surface area (Å²) < 4.78 is 2.05. The van der Waals surface area contributed by atoms with E-state index in [1.54, 1.807) is 17.4 Å². The number of terminal acetylenes is 1. The molecule has 0 saturated heterocycles. The summed E-state index contributed by atoms with van der Waals surface area (Å²) in [5, 5.41) is 10.7. The monoisotopic (exact) mass is 279 g/mol. The average Bonchev–Trinajstić information content (AvgIpc) is 2.86. The second-order valence-electron chi connectivity index (χ2n) is 3.52. The first-order valence-corrected chi connectivity index (χ1v) is 6.73. The number of carbonyl (C=O) groups excluding carboxylic acids is 1. The lowest BCUT2D eigenvalue weighted by molar-refractivity contribution is -0.137. The zero-order chi connectivity index (χ0) is 13.1. The molecule has 18 heavy (non-hydrogen) atoms. The number of carboxylic acids is 1. The third-order valence-electron chi connectivity index (χ3n) is 2.25.